The van der Waals surface area contributed by atoms with Crippen molar-refractivity contribution in [2.45, 2.75) is 97.4 Å². The quantitative estimate of drug-likeness (QED) is 0.134. The molecule has 0 radical (unpaired) electrons. The highest BCUT2D eigenvalue weighted by Gasteiger charge is 2.16. The lowest BCUT2D eigenvalue weighted by atomic mass is 10.1. The Labute approximate surface area is 228 Å². The number of thiazole rings is 1. The molecule has 0 fully saturated rings. The van der Waals surface area contributed by atoms with Gasteiger partial charge in [-0.25, -0.2) is 0 Å². The van der Waals surface area contributed by atoms with Gasteiger partial charge in [-0.1, -0.05) is 119 Å². The topological polar surface area (TPSA) is 42.2 Å². The lowest BCUT2D eigenvalue weighted by Crippen LogP contribution is -2.31. The number of unbranched alkanes of at least 4 members (excludes halogenated alkanes) is 11. The molecule has 0 bridgehead atoms. The van der Waals surface area contributed by atoms with Crippen LogP contribution in [-0.2, 0) is 6.54 Å². The number of hydrogen-bond donors (Lipinski definition) is 1. The van der Waals surface area contributed by atoms with Crippen LogP contribution in [0.5, 0.6) is 5.75 Å². The summed E-state index contributed by atoms with van der Waals surface area (Å²) in [6.45, 7) is 5.74. The highest BCUT2D eigenvalue weighted by atomic mass is 32.1. The second kappa shape index (κ2) is 17.0. The van der Waals surface area contributed by atoms with Crippen LogP contribution in [0.15, 0.2) is 60.2 Å². The number of aryl methyl sites for hydroxylation is 1. The van der Waals surface area contributed by atoms with Crippen LogP contribution in [0.4, 0.5) is 5.69 Å². The van der Waals surface area contributed by atoms with Gasteiger partial charge >= 0.3 is 0 Å². The summed E-state index contributed by atoms with van der Waals surface area (Å²) in [6.07, 6.45) is 18.0. The van der Waals surface area contributed by atoms with Gasteiger partial charge in [0, 0.05) is 5.56 Å². The van der Waals surface area contributed by atoms with Crippen molar-refractivity contribution in [3.05, 3.63) is 76.2 Å². The molecule has 2 aromatic carbocycles. The standard InChI is InChI=1S/C32H44N2O2S/c1-3-4-5-6-7-8-9-10-11-12-13-18-23-36-31-22-17-15-20-29(31)32(35)33-30-21-16-14-19-28(30)25-34-24-27(2)37-26-34/h14-17,19-22,24,26H,3-13,18,23,25H2,1-2H3/p+1. The molecular weight excluding hydrogens is 476 g/mol. The Hall–Kier alpha value is -2.66. The van der Waals surface area contributed by atoms with Gasteiger partial charge in [0.2, 0.25) is 5.51 Å². The number of nitrogens with zero attached hydrogens (tertiary/aromatic N) is 1. The molecule has 1 N–H and O–H groups in total. The Morgan fingerprint density at radius 2 is 1.46 bits per heavy atom. The fraction of sp³-hybridized carbons (Fsp3) is 0.500. The number of hydrogen-bond acceptors (Lipinski definition) is 3. The highest BCUT2D eigenvalue weighted by molar-refractivity contribution is 7.09. The van der Waals surface area contributed by atoms with Crippen molar-refractivity contribution in [1.82, 2.24) is 0 Å². The SMILES string of the molecule is CCCCCCCCCCCCCCOc1ccccc1C(=O)Nc1ccccc1C[n+]1csc(C)c1. The van der Waals surface area contributed by atoms with E-state index in [-0.39, 0.29) is 5.91 Å². The van der Waals surface area contributed by atoms with E-state index in [0.29, 0.717) is 17.9 Å². The van der Waals surface area contributed by atoms with Gasteiger partial charge in [0.15, 0.2) is 12.7 Å². The van der Waals surface area contributed by atoms with Crippen molar-refractivity contribution in [3.63, 3.8) is 0 Å². The van der Waals surface area contributed by atoms with Crippen LogP contribution in [0.3, 0.4) is 0 Å². The minimum atomic E-state index is -0.135. The van der Waals surface area contributed by atoms with Gasteiger partial charge in [-0.15, -0.1) is 0 Å². The van der Waals surface area contributed by atoms with Crippen LogP contribution in [0.25, 0.3) is 0 Å². The molecule has 3 rings (SSSR count). The summed E-state index contributed by atoms with van der Waals surface area (Å²) in [5.41, 5.74) is 4.59. The molecule has 1 heterocycles. The van der Waals surface area contributed by atoms with Crippen LogP contribution < -0.4 is 14.6 Å². The first kappa shape index (κ1) is 28.9. The number of amides is 1. The molecule has 4 nitrogen and oxygen atoms in total. The summed E-state index contributed by atoms with van der Waals surface area (Å²) < 4.78 is 8.20. The van der Waals surface area contributed by atoms with Gasteiger partial charge in [-0.2, -0.15) is 4.57 Å². The number of para-hydroxylation sites is 2. The van der Waals surface area contributed by atoms with Crippen LogP contribution >= 0.6 is 11.3 Å². The van der Waals surface area contributed by atoms with Crippen molar-refractivity contribution in [2.24, 2.45) is 0 Å². The molecule has 5 heteroatoms. The second-order valence-electron chi connectivity index (χ2n) is 9.98. The van der Waals surface area contributed by atoms with E-state index < -0.39 is 0 Å². The summed E-state index contributed by atoms with van der Waals surface area (Å²) in [5, 5.41) is 3.11. The zero-order valence-electron chi connectivity index (χ0n) is 22.8. The number of benzene rings is 2. The summed E-state index contributed by atoms with van der Waals surface area (Å²) >= 11 is 1.72. The Morgan fingerprint density at radius 1 is 0.838 bits per heavy atom. The summed E-state index contributed by atoms with van der Waals surface area (Å²) in [4.78, 5) is 14.4. The predicted octanol–water partition coefficient (Wildman–Crippen LogP) is 8.72. The van der Waals surface area contributed by atoms with E-state index in [0.717, 1.165) is 24.2 Å². The van der Waals surface area contributed by atoms with Crippen molar-refractivity contribution < 1.29 is 14.1 Å². The number of ether oxygens (including phenoxy) is 1. The fourth-order valence-electron chi connectivity index (χ4n) is 4.60. The predicted molar refractivity (Wildman–Crippen MR) is 156 cm³/mol. The smallest absolute Gasteiger partial charge is 0.259 e. The van der Waals surface area contributed by atoms with Gasteiger partial charge < -0.3 is 10.1 Å². The molecular formula is C32H45N2O2S+. The Morgan fingerprint density at radius 3 is 2.14 bits per heavy atom. The van der Waals surface area contributed by atoms with E-state index >= 15 is 0 Å². The fourth-order valence-corrected chi connectivity index (χ4v) is 5.23. The monoisotopic (exact) mass is 521 g/mol. The number of aromatic nitrogens is 1. The minimum absolute atomic E-state index is 0.135. The molecule has 3 aromatic rings. The maximum absolute atomic E-state index is 13.2. The molecule has 0 aliphatic carbocycles. The maximum atomic E-state index is 13.2. The van der Waals surface area contributed by atoms with E-state index in [1.54, 1.807) is 11.3 Å². The maximum Gasteiger partial charge on any atom is 0.259 e. The van der Waals surface area contributed by atoms with Crippen LogP contribution in [0, 0.1) is 6.92 Å². The summed E-state index contributed by atoms with van der Waals surface area (Å²) in [5.74, 6) is 0.521. The number of carbonyl (C=O) groups is 1. The molecule has 0 unspecified atom stereocenters. The first-order valence-electron chi connectivity index (χ1n) is 14.2. The molecule has 0 aliphatic heterocycles. The molecule has 200 valence electrons. The van der Waals surface area contributed by atoms with Crippen molar-refractivity contribution in [1.29, 1.82) is 0 Å². The van der Waals surface area contributed by atoms with Gasteiger partial charge in [0.25, 0.3) is 5.91 Å². The minimum Gasteiger partial charge on any atom is -0.493 e. The second-order valence-corrected chi connectivity index (χ2v) is 11.1. The molecule has 1 aromatic heterocycles. The summed E-state index contributed by atoms with van der Waals surface area (Å²) in [7, 11) is 0. The van der Waals surface area contributed by atoms with Crippen molar-refractivity contribution >= 4 is 22.9 Å². The molecule has 0 saturated heterocycles. The van der Waals surface area contributed by atoms with Crippen LogP contribution in [0.2, 0.25) is 0 Å². The van der Waals surface area contributed by atoms with E-state index in [9.17, 15) is 4.79 Å². The van der Waals surface area contributed by atoms with E-state index in [1.807, 2.05) is 42.5 Å². The Bertz CT molecular complexity index is 1060. The molecule has 37 heavy (non-hydrogen) atoms. The van der Waals surface area contributed by atoms with Crippen LogP contribution in [0.1, 0.15) is 105 Å². The lowest BCUT2D eigenvalue weighted by Gasteiger charge is -2.13. The first-order valence-corrected chi connectivity index (χ1v) is 15.1. The van der Waals surface area contributed by atoms with Gasteiger partial charge in [-0.3, -0.25) is 4.79 Å². The Balaban J connectivity index is 1.39. The third-order valence-electron chi connectivity index (χ3n) is 6.73. The summed E-state index contributed by atoms with van der Waals surface area (Å²) in [6, 6.07) is 15.5. The molecule has 0 spiro atoms. The van der Waals surface area contributed by atoms with Gasteiger partial charge in [-0.05, 0) is 31.5 Å². The van der Waals surface area contributed by atoms with E-state index in [1.165, 1.54) is 75.5 Å². The molecule has 1 amide bonds. The van der Waals surface area contributed by atoms with E-state index in [2.05, 4.69) is 41.5 Å². The zero-order valence-corrected chi connectivity index (χ0v) is 23.7. The largest absolute Gasteiger partial charge is 0.493 e. The third kappa shape index (κ3) is 10.7. The Kier molecular flexibility index (Phi) is 13.3. The number of rotatable bonds is 18. The van der Waals surface area contributed by atoms with Crippen LogP contribution in [-0.4, -0.2) is 12.5 Å². The number of nitrogens with one attached hydrogen (secondary N) is 1. The number of anilines is 1. The van der Waals surface area contributed by atoms with Crippen molar-refractivity contribution in [3.8, 4) is 5.75 Å². The molecule has 0 saturated carbocycles. The highest BCUT2D eigenvalue weighted by Crippen LogP contribution is 2.22. The van der Waals surface area contributed by atoms with E-state index in [4.69, 9.17) is 4.74 Å². The van der Waals surface area contributed by atoms with Gasteiger partial charge in [0.05, 0.1) is 22.7 Å². The number of carbonyl (C=O) groups excluding carboxylic acids is 1. The normalized spacial score (nSPS) is 11.0. The third-order valence-corrected chi connectivity index (χ3v) is 7.58. The lowest BCUT2D eigenvalue weighted by molar-refractivity contribution is -0.683. The zero-order chi connectivity index (χ0) is 26.1. The molecule has 0 aliphatic rings. The average molecular weight is 522 g/mol. The first-order chi connectivity index (χ1) is 18.2. The van der Waals surface area contributed by atoms with Gasteiger partial charge in [0.1, 0.15) is 5.75 Å². The molecule has 0 atom stereocenters. The average Bonchev–Trinajstić information content (AvgIpc) is 3.32. The van der Waals surface area contributed by atoms with Crippen molar-refractivity contribution in [2.75, 3.05) is 11.9 Å².